The minimum atomic E-state index is -0.408. The zero-order valence-electron chi connectivity index (χ0n) is 11.1. The van der Waals surface area contributed by atoms with Gasteiger partial charge in [-0.05, 0) is 37.5 Å². The van der Waals surface area contributed by atoms with Gasteiger partial charge in [0, 0.05) is 18.2 Å². The molecule has 0 spiro atoms. The van der Waals surface area contributed by atoms with E-state index in [-0.39, 0.29) is 0 Å². The van der Waals surface area contributed by atoms with Gasteiger partial charge in [0.05, 0.1) is 6.54 Å². The van der Waals surface area contributed by atoms with Crippen molar-refractivity contribution >= 4 is 11.9 Å². The Morgan fingerprint density at radius 1 is 1.47 bits per heavy atom. The van der Waals surface area contributed by atoms with Crippen molar-refractivity contribution < 1.29 is 4.79 Å². The molecule has 1 fully saturated rings. The van der Waals surface area contributed by atoms with E-state index in [0.717, 1.165) is 18.1 Å². The van der Waals surface area contributed by atoms with Crippen LogP contribution in [0.4, 0.5) is 0 Å². The van der Waals surface area contributed by atoms with Crippen molar-refractivity contribution in [1.29, 1.82) is 0 Å². The van der Waals surface area contributed by atoms with Crippen molar-refractivity contribution in [3.05, 3.63) is 35.4 Å². The molecule has 1 aliphatic carbocycles. The first-order chi connectivity index (χ1) is 9.19. The largest absolute Gasteiger partial charge is 0.366 e. The lowest BCUT2D eigenvalue weighted by molar-refractivity contribution is 0.1000. The number of amides is 1. The van der Waals surface area contributed by atoms with E-state index in [2.05, 4.69) is 15.6 Å². The molecule has 1 aliphatic rings. The van der Waals surface area contributed by atoms with Crippen molar-refractivity contribution in [3.8, 4) is 0 Å². The highest BCUT2D eigenvalue weighted by Gasteiger charge is 2.21. The lowest BCUT2D eigenvalue weighted by atomic mass is 10.1. The highest BCUT2D eigenvalue weighted by atomic mass is 16.1. The SMILES string of the molecule is CCNC(=NCc1cccc(C(N)=O)c1)NC1CC1. The van der Waals surface area contributed by atoms with Crippen LogP contribution >= 0.6 is 0 Å². The average molecular weight is 260 g/mol. The molecule has 0 aromatic heterocycles. The number of carbonyl (C=O) groups is 1. The smallest absolute Gasteiger partial charge is 0.248 e. The molecule has 4 N–H and O–H groups in total. The first-order valence-electron chi connectivity index (χ1n) is 6.62. The van der Waals surface area contributed by atoms with E-state index in [4.69, 9.17) is 5.73 Å². The van der Waals surface area contributed by atoms with E-state index in [1.165, 1.54) is 12.8 Å². The summed E-state index contributed by atoms with van der Waals surface area (Å²) in [5.74, 6) is 0.420. The zero-order chi connectivity index (χ0) is 13.7. The van der Waals surface area contributed by atoms with Crippen LogP contribution in [0.5, 0.6) is 0 Å². The summed E-state index contributed by atoms with van der Waals surface area (Å²) in [7, 11) is 0. The van der Waals surface area contributed by atoms with Gasteiger partial charge < -0.3 is 16.4 Å². The van der Waals surface area contributed by atoms with Gasteiger partial charge in [-0.25, -0.2) is 4.99 Å². The molecule has 1 aromatic carbocycles. The van der Waals surface area contributed by atoms with Crippen LogP contribution in [0.3, 0.4) is 0 Å². The van der Waals surface area contributed by atoms with Crippen LogP contribution in [0, 0.1) is 0 Å². The number of benzene rings is 1. The molecule has 102 valence electrons. The number of hydrogen-bond acceptors (Lipinski definition) is 2. The van der Waals surface area contributed by atoms with Crippen molar-refractivity contribution in [2.24, 2.45) is 10.7 Å². The molecule has 0 saturated heterocycles. The Balaban J connectivity index is 2.01. The summed E-state index contributed by atoms with van der Waals surface area (Å²) in [6, 6.07) is 7.83. The molecule has 0 heterocycles. The van der Waals surface area contributed by atoms with E-state index in [1.807, 2.05) is 19.1 Å². The minimum Gasteiger partial charge on any atom is -0.366 e. The van der Waals surface area contributed by atoms with Crippen molar-refractivity contribution in [2.75, 3.05) is 6.54 Å². The number of nitrogens with two attached hydrogens (primary N) is 1. The van der Waals surface area contributed by atoms with Crippen molar-refractivity contribution in [2.45, 2.75) is 32.4 Å². The molecule has 1 amide bonds. The van der Waals surface area contributed by atoms with Gasteiger partial charge in [0.2, 0.25) is 5.91 Å². The number of guanidine groups is 1. The third-order valence-corrected chi connectivity index (χ3v) is 2.89. The van der Waals surface area contributed by atoms with Crippen LogP contribution in [0.2, 0.25) is 0 Å². The molecular formula is C14H20N4O. The molecule has 0 bridgehead atoms. The first kappa shape index (κ1) is 13.4. The number of aliphatic imine (C=N–C) groups is 1. The minimum absolute atomic E-state index is 0.408. The van der Waals surface area contributed by atoms with Crippen LogP contribution in [-0.2, 0) is 6.54 Å². The Morgan fingerprint density at radius 3 is 2.89 bits per heavy atom. The third-order valence-electron chi connectivity index (χ3n) is 2.89. The molecule has 5 nitrogen and oxygen atoms in total. The predicted molar refractivity (Wildman–Crippen MR) is 75.9 cm³/mol. The Labute approximate surface area is 113 Å². The molecule has 1 aromatic rings. The monoisotopic (exact) mass is 260 g/mol. The Morgan fingerprint density at radius 2 is 2.26 bits per heavy atom. The third kappa shape index (κ3) is 4.28. The van der Waals surface area contributed by atoms with Crippen LogP contribution < -0.4 is 16.4 Å². The van der Waals surface area contributed by atoms with Gasteiger partial charge >= 0.3 is 0 Å². The maximum Gasteiger partial charge on any atom is 0.248 e. The summed E-state index contributed by atoms with van der Waals surface area (Å²) in [4.78, 5) is 15.6. The molecular weight excluding hydrogens is 240 g/mol. The summed E-state index contributed by atoms with van der Waals surface area (Å²) in [5, 5.41) is 6.56. The van der Waals surface area contributed by atoms with Crippen LogP contribution in [0.25, 0.3) is 0 Å². The van der Waals surface area contributed by atoms with Gasteiger partial charge in [0.1, 0.15) is 0 Å². The molecule has 0 radical (unpaired) electrons. The molecule has 0 aliphatic heterocycles. The summed E-state index contributed by atoms with van der Waals surface area (Å²) < 4.78 is 0. The Kier molecular flexibility index (Phi) is 4.39. The number of rotatable bonds is 5. The summed E-state index contributed by atoms with van der Waals surface area (Å²) in [6.45, 7) is 3.40. The van der Waals surface area contributed by atoms with Crippen LogP contribution in [0.1, 0.15) is 35.7 Å². The molecule has 19 heavy (non-hydrogen) atoms. The Bertz CT molecular complexity index is 480. The average Bonchev–Trinajstić information content (AvgIpc) is 3.20. The van der Waals surface area contributed by atoms with E-state index in [1.54, 1.807) is 12.1 Å². The zero-order valence-corrected chi connectivity index (χ0v) is 11.1. The number of nitrogens with zero attached hydrogens (tertiary/aromatic N) is 1. The normalized spacial score (nSPS) is 15.1. The maximum absolute atomic E-state index is 11.1. The first-order valence-corrected chi connectivity index (χ1v) is 6.62. The quantitative estimate of drug-likeness (QED) is 0.546. The second-order valence-electron chi connectivity index (χ2n) is 4.68. The van der Waals surface area contributed by atoms with E-state index < -0.39 is 5.91 Å². The van der Waals surface area contributed by atoms with Gasteiger partial charge in [-0.2, -0.15) is 0 Å². The summed E-state index contributed by atoms with van der Waals surface area (Å²) in [5.41, 5.74) is 6.76. The van der Waals surface area contributed by atoms with Gasteiger partial charge in [0.25, 0.3) is 0 Å². The molecule has 0 unspecified atom stereocenters. The van der Waals surface area contributed by atoms with Crippen molar-refractivity contribution in [3.63, 3.8) is 0 Å². The predicted octanol–water partition coefficient (Wildman–Crippen LogP) is 1.00. The highest BCUT2D eigenvalue weighted by Crippen LogP contribution is 2.18. The van der Waals surface area contributed by atoms with Crippen molar-refractivity contribution in [1.82, 2.24) is 10.6 Å². The number of hydrogen-bond donors (Lipinski definition) is 3. The van der Waals surface area contributed by atoms with Gasteiger partial charge in [-0.1, -0.05) is 12.1 Å². The molecule has 1 saturated carbocycles. The molecule has 2 rings (SSSR count). The van der Waals surface area contributed by atoms with Crippen LogP contribution in [0.15, 0.2) is 29.3 Å². The van der Waals surface area contributed by atoms with E-state index >= 15 is 0 Å². The fraction of sp³-hybridized carbons (Fsp3) is 0.429. The maximum atomic E-state index is 11.1. The summed E-state index contributed by atoms with van der Waals surface area (Å²) in [6.07, 6.45) is 2.42. The second kappa shape index (κ2) is 6.22. The fourth-order valence-electron chi connectivity index (χ4n) is 1.73. The van der Waals surface area contributed by atoms with Gasteiger partial charge in [0.15, 0.2) is 5.96 Å². The van der Waals surface area contributed by atoms with E-state index in [9.17, 15) is 4.79 Å². The topological polar surface area (TPSA) is 79.5 Å². The second-order valence-corrected chi connectivity index (χ2v) is 4.68. The lowest BCUT2D eigenvalue weighted by Crippen LogP contribution is -2.38. The highest BCUT2D eigenvalue weighted by molar-refractivity contribution is 5.92. The molecule has 0 atom stereocenters. The number of nitrogens with one attached hydrogen (secondary N) is 2. The Hall–Kier alpha value is -2.04. The standard InChI is InChI=1S/C14H20N4O/c1-2-16-14(18-12-6-7-12)17-9-10-4-3-5-11(8-10)13(15)19/h3-5,8,12H,2,6-7,9H2,1H3,(H2,15,19)(H2,16,17,18). The molecule has 5 heteroatoms. The number of carbonyl (C=O) groups excluding carboxylic acids is 1. The van der Waals surface area contributed by atoms with Crippen LogP contribution in [-0.4, -0.2) is 24.5 Å². The summed E-state index contributed by atoms with van der Waals surface area (Å²) >= 11 is 0. The lowest BCUT2D eigenvalue weighted by Gasteiger charge is -2.10. The fourth-order valence-corrected chi connectivity index (χ4v) is 1.73. The van der Waals surface area contributed by atoms with Gasteiger partial charge in [-0.3, -0.25) is 4.79 Å². The van der Waals surface area contributed by atoms with Gasteiger partial charge in [-0.15, -0.1) is 0 Å². The number of primary amides is 1. The van der Waals surface area contributed by atoms with E-state index in [0.29, 0.717) is 18.2 Å².